The molecule has 2 aromatic carbocycles. The second-order valence-corrected chi connectivity index (χ2v) is 6.85. The van der Waals surface area contributed by atoms with Gasteiger partial charge in [-0.3, -0.25) is 0 Å². The quantitative estimate of drug-likeness (QED) is 0.311. The van der Waals surface area contributed by atoms with Crippen LogP contribution in [0.1, 0.15) is 19.4 Å². The Kier molecular flexibility index (Phi) is 9.64. The van der Waals surface area contributed by atoms with Crippen LogP contribution in [0, 0.1) is 6.92 Å². The van der Waals surface area contributed by atoms with E-state index in [1.807, 2.05) is 19.1 Å². The van der Waals surface area contributed by atoms with Crippen LogP contribution < -0.4 is 15.2 Å². The van der Waals surface area contributed by atoms with Crippen LogP contribution in [0.3, 0.4) is 0 Å². The van der Waals surface area contributed by atoms with E-state index in [2.05, 4.69) is 0 Å². The highest BCUT2D eigenvalue weighted by molar-refractivity contribution is 5.75. The van der Waals surface area contributed by atoms with Crippen molar-refractivity contribution >= 4 is 17.6 Å². The molecule has 0 saturated heterocycles. The van der Waals surface area contributed by atoms with Crippen molar-refractivity contribution < 1.29 is 33.3 Å². The van der Waals surface area contributed by atoms with Gasteiger partial charge in [-0.2, -0.15) is 0 Å². The highest BCUT2D eigenvalue weighted by atomic mass is 16.6. The molecule has 0 aromatic heterocycles. The average Bonchev–Trinajstić information content (AvgIpc) is 2.75. The van der Waals surface area contributed by atoms with E-state index < -0.39 is 24.1 Å². The Morgan fingerprint density at radius 1 is 0.742 bits per heavy atom. The van der Waals surface area contributed by atoms with Crippen molar-refractivity contribution in [1.29, 1.82) is 0 Å². The van der Waals surface area contributed by atoms with Gasteiger partial charge in [-0.25, -0.2) is 9.59 Å². The van der Waals surface area contributed by atoms with Gasteiger partial charge in [-0.05, 0) is 57.2 Å². The number of nitrogens with two attached hydrogens (primary N) is 1. The summed E-state index contributed by atoms with van der Waals surface area (Å²) in [7, 11) is 0. The van der Waals surface area contributed by atoms with Gasteiger partial charge in [0.15, 0.2) is 12.2 Å². The van der Waals surface area contributed by atoms with Crippen LogP contribution in [-0.2, 0) is 23.8 Å². The summed E-state index contributed by atoms with van der Waals surface area (Å²) in [5.74, 6) is 0.137. The largest absolute Gasteiger partial charge is 0.479 e. The Labute approximate surface area is 182 Å². The molecule has 31 heavy (non-hydrogen) atoms. The Hall–Kier alpha value is -3.26. The van der Waals surface area contributed by atoms with Crippen LogP contribution in [-0.4, -0.2) is 50.6 Å². The molecule has 0 aliphatic carbocycles. The smallest absolute Gasteiger partial charge is 0.347 e. The second-order valence-electron chi connectivity index (χ2n) is 6.85. The van der Waals surface area contributed by atoms with Gasteiger partial charge in [0.05, 0.1) is 13.2 Å². The molecule has 0 radical (unpaired) electrons. The highest BCUT2D eigenvalue weighted by Gasteiger charge is 2.17. The van der Waals surface area contributed by atoms with Gasteiger partial charge in [-0.1, -0.05) is 17.7 Å². The fraction of sp³-hybridized carbons (Fsp3) is 0.391. The molecule has 0 spiro atoms. The van der Waals surface area contributed by atoms with Gasteiger partial charge in [0.25, 0.3) is 0 Å². The monoisotopic (exact) mass is 431 g/mol. The van der Waals surface area contributed by atoms with Gasteiger partial charge >= 0.3 is 11.9 Å². The van der Waals surface area contributed by atoms with Gasteiger partial charge in [0.2, 0.25) is 0 Å². The lowest BCUT2D eigenvalue weighted by Crippen LogP contribution is -2.28. The molecular formula is C23H29NO7. The van der Waals surface area contributed by atoms with E-state index in [4.69, 9.17) is 29.4 Å². The Morgan fingerprint density at radius 2 is 1.16 bits per heavy atom. The predicted octanol–water partition coefficient (Wildman–Crippen LogP) is 2.92. The lowest BCUT2D eigenvalue weighted by Gasteiger charge is -2.15. The number of rotatable bonds is 12. The molecule has 0 aliphatic heterocycles. The first-order chi connectivity index (χ1) is 14.8. The molecule has 0 bridgehead atoms. The molecule has 0 amide bonds. The summed E-state index contributed by atoms with van der Waals surface area (Å²) in [4.78, 5) is 23.9. The zero-order valence-corrected chi connectivity index (χ0v) is 18.0. The first-order valence-corrected chi connectivity index (χ1v) is 10.0. The zero-order chi connectivity index (χ0) is 22.6. The number of carbonyl (C=O) groups excluding carboxylic acids is 2. The third kappa shape index (κ3) is 8.96. The summed E-state index contributed by atoms with van der Waals surface area (Å²) < 4.78 is 26.5. The molecule has 2 N–H and O–H groups in total. The van der Waals surface area contributed by atoms with Crippen molar-refractivity contribution in [3.8, 4) is 11.5 Å². The molecule has 2 atom stereocenters. The van der Waals surface area contributed by atoms with Crippen molar-refractivity contribution in [1.82, 2.24) is 0 Å². The molecule has 2 aromatic rings. The molecule has 8 nitrogen and oxygen atoms in total. The second kappa shape index (κ2) is 12.4. The van der Waals surface area contributed by atoms with E-state index in [0.29, 0.717) is 17.2 Å². The molecule has 0 fully saturated rings. The first-order valence-electron chi connectivity index (χ1n) is 10.0. The van der Waals surface area contributed by atoms with Crippen molar-refractivity contribution in [2.75, 3.05) is 32.2 Å². The van der Waals surface area contributed by atoms with Crippen molar-refractivity contribution in [2.24, 2.45) is 0 Å². The van der Waals surface area contributed by atoms with Gasteiger partial charge in [0, 0.05) is 5.69 Å². The van der Waals surface area contributed by atoms with Crippen molar-refractivity contribution in [3.05, 3.63) is 54.1 Å². The van der Waals surface area contributed by atoms with Crippen molar-refractivity contribution in [2.45, 2.75) is 33.0 Å². The molecule has 8 heteroatoms. The lowest BCUT2D eigenvalue weighted by molar-refractivity contribution is -0.154. The Morgan fingerprint density at radius 3 is 1.61 bits per heavy atom. The van der Waals surface area contributed by atoms with Crippen LogP contribution in [0.5, 0.6) is 11.5 Å². The first kappa shape index (κ1) is 24.0. The number of ether oxygens (including phenoxy) is 5. The van der Waals surface area contributed by atoms with E-state index in [-0.39, 0.29) is 26.4 Å². The van der Waals surface area contributed by atoms with Crippen LogP contribution in [0.15, 0.2) is 48.5 Å². The Balaban J connectivity index is 1.53. The number of aryl methyl sites for hydroxylation is 1. The number of benzene rings is 2. The van der Waals surface area contributed by atoms with Crippen LogP contribution in [0.4, 0.5) is 5.69 Å². The molecule has 2 rings (SSSR count). The minimum Gasteiger partial charge on any atom is -0.479 e. The number of carbonyl (C=O) groups is 2. The SMILES string of the molecule is Cc1ccc(OC(C)C(=O)OCCOCCOC(=O)C(C)Oc2ccc(N)cc2)cc1. The third-order valence-electron chi connectivity index (χ3n) is 4.13. The number of anilines is 1. The summed E-state index contributed by atoms with van der Waals surface area (Å²) in [6, 6.07) is 14.1. The maximum atomic E-state index is 11.9. The molecular weight excluding hydrogens is 402 g/mol. The van der Waals surface area contributed by atoms with Gasteiger partial charge in [0.1, 0.15) is 24.7 Å². The normalized spacial score (nSPS) is 12.5. The average molecular weight is 431 g/mol. The van der Waals surface area contributed by atoms with E-state index >= 15 is 0 Å². The summed E-state index contributed by atoms with van der Waals surface area (Å²) in [6.45, 7) is 5.68. The van der Waals surface area contributed by atoms with E-state index in [9.17, 15) is 9.59 Å². The summed E-state index contributed by atoms with van der Waals surface area (Å²) >= 11 is 0. The zero-order valence-electron chi connectivity index (χ0n) is 18.0. The molecule has 0 aliphatic rings. The summed E-state index contributed by atoms with van der Waals surface area (Å²) in [5.41, 5.74) is 7.32. The number of hydrogen-bond donors (Lipinski definition) is 1. The number of nitrogen functional groups attached to an aromatic ring is 1. The van der Waals surface area contributed by atoms with E-state index in [1.165, 1.54) is 0 Å². The molecule has 0 heterocycles. The number of esters is 2. The molecule has 2 unspecified atom stereocenters. The van der Waals surface area contributed by atoms with Crippen LogP contribution >= 0.6 is 0 Å². The molecule has 168 valence electrons. The van der Waals surface area contributed by atoms with Gasteiger partial charge in [-0.15, -0.1) is 0 Å². The van der Waals surface area contributed by atoms with Crippen molar-refractivity contribution in [3.63, 3.8) is 0 Å². The Bertz CT molecular complexity index is 751. The minimum atomic E-state index is -0.764. The lowest BCUT2D eigenvalue weighted by atomic mass is 10.2. The predicted molar refractivity (Wildman–Crippen MR) is 115 cm³/mol. The topological polar surface area (TPSA) is 106 Å². The third-order valence-corrected chi connectivity index (χ3v) is 4.13. The maximum absolute atomic E-state index is 11.9. The minimum absolute atomic E-state index is 0.0646. The van der Waals surface area contributed by atoms with Crippen LogP contribution in [0.25, 0.3) is 0 Å². The van der Waals surface area contributed by atoms with Gasteiger partial charge < -0.3 is 29.4 Å². The maximum Gasteiger partial charge on any atom is 0.347 e. The summed E-state index contributed by atoms with van der Waals surface area (Å²) in [6.07, 6.45) is -1.49. The fourth-order valence-electron chi connectivity index (χ4n) is 2.41. The van der Waals surface area contributed by atoms with E-state index in [1.54, 1.807) is 50.2 Å². The number of hydrogen-bond acceptors (Lipinski definition) is 8. The summed E-state index contributed by atoms with van der Waals surface area (Å²) in [5, 5.41) is 0. The molecule has 0 saturated carbocycles. The highest BCUT2D eigenvalue weighted by Crippen LogP contribution is 2.15. The van der Waals surface area contributed by atoms with Crippen LogP contribution in [0.2, 0.25) is 0 Å². The standard InChI is InChI=1S/C23H29NO7/c1-16-4-8-20(9-5-16)30-17(2)22(25)28-14-12-27-13-15-29-23(26)18(3)31-21-10-6-19(24)7-11-21/h4-11,17-18H,12-15,24H2,1-3H3. The van der Waals surface area contributed by atoms with E-state index in [0.717, 1.165) is 5.56 Å². The fourth-order valence-corrected chi connectivity index (χ4v) is 2.41.